The Bertz CT molecular complexity index is 346. The highest BCUT2D eigenvalue weighted by Crippen LogP contribution is 2.18. The molecule has 0 radical (unpaired) electrons. The van der Waals surface area contributed by atoms with Gasteiger partial charge in [0.1, 0.15) is 0 Å². The van der Waals surface area contributed by atoms with Crippen LogP contribution in [0.5, 0.6) is 0 Å². The molecule has 0 unspecified atom stereocenters. The van der Waals surface area contributed by atoms with E-state index in [4.69, 9.17) is 4.74 Å². The third-order valence-electron chi connectivity index (χ3n) is 2.68. The van der Waals surface area contributed by atoms with Gasteiger partial charge in [-0.15, -0.1) is 0 Å². The SMILES string of the molecule is CCC(CC)Nc1ccccc1C(=O)OC. The molecule has 0 saturated carbocycles. The Labute approximate surface area is 96.8 Å². The number of ether oxygens (including phenoxy) is 1. The number of hydrogen-bond acceptors (Lipinski definition) is 3. The summed E-state index contributed by atoms with van der Waals surface area (Å²) >= 11 is 0. The number of anilines is 1. The van der Waals surface area contributed by atoms with Crippen molar-refractivity contribution in [3.63, 3.8) is 0 Å². The van der Waals surface area contributed by atoms with E-state index in [1.165, 1.54) is 7.11 Å². The molecule has 0 spiro atoms. The van der Waals surface area contributed by atoms with E-state index in [-0.39, 0.29) is 5.97 Å². The van der Waals surface area contributed by atoms with Gasteiger partial charge in [0.15, 0.2) is 0 Å². The van der Waals surface area contributed by atoms with E-state index in [1.807, 2.05) is 18.2 Å². The lowest BCUT2D eigenvalue weighted by atomic mass is 10.1. The van der Waals surface area contributed by atoms with Crippen molar-refractivity contribution in [2.24, 2.45) is 0 Å². The van der Waals surface area contributed by atoms with Crippen LogP contribution in [0.3, 0.4) is 0 Å². The molecule has 0 aliphatic heterocycles. The molecule has 0 atom stereocenters. The van der Waals surface area contributed by atoms with Crippen LogP contribution in [0.15, 0.2) is 24.3 Å². The maximum atomic E-state index is 11.5. The lowest BCUT2D eigenvalue weighted by Gasteiger charge is -2.18. The Balaban J connectivity index is 2.90. The van der Waals surface area contributed by atoms with Crippen molar-refractivity contribution in [3.8, 4) is 0 Å². The summed E-state index contributed by atoms with van der Waals surface area (Å²) in [6.07, 6.45) is 2.07. The van der Waals surface area contributed by atoms with Gasteiger partial charge in [0, 0.05) is 11.7 Å². The van der Waals surface area contributed by atoms with Crippen LogP contribution >= 0.6 is 0 Å². The highest BCUT2D eigenvalue weighted by molar-refractivity contribution is 5.95. The number of esters is 1. The molecule has 0 aliphatic rings. The molecule has 3 nitrogen and oxygen atoms in total. The predicted molar refractivity (Wildman–Crippen MR) is 65.8 cm³/mol. The van der Waals surface area contributed by atoms with Crippen LogP contribution in [0.25, 0.3) is 0 Å². The number of carbonyl (C=O) groups is 1. The largest absolute Gasteiger partial charge is 0.465 e. The summed E-state index contributed by atoms with van der Waals surface area (Å²) in [7, 11) is 1.40. The normalized spacial score (nSPS) is 10.2. The van der Waals surface area contributed by atoms with Crippen molar-refractivity contribution in [2.75, 3.05) is 12.4 Å². The Kier molecular flexibility index (Phi) is 4.83. The summed E-state index contributed by atoms with van der Waals surface area (Å²) in [6.45, 7) is 4.25. The monoisotopic (exact) mass is 221 g/mol. The number of methoxy groups -OCH3 is 1. The van der Waals surface area contributed by atoms with Crippen molar-refractivity contribution < 1.29 is 9.53 Å². The van der Waals surface area contributed by atoms with E-state index in [1.54, 1.807) is 6.07 Å². The average Bonchev–Trinajstić information content (AvgIpc) is 2.35. The first-order valence-corrected chi connectivity index (χ1v) is 5.66. The van der Waals surface area contributed by atoms with Gasteiger partial charge in [-0.25, -0.2) is 4.79 Å². The highest BCUT2D eigenvalue weighted by Gasteiger charge is 2.12. The van der Waals surface area contributed by atoms with Gasteiger partial charge in [-0.2, -0.15) is 0 Å². The smallest absolute Gasteiger partial charge is 0.339 e. The molecule has 16 heavy (non-hydrogen) atoms. The van der Waals surface area contributed by atoms with Crippen LogP contribution in [0.1, 0.15) is 37.0 Å². The second-order valence-corrected chi connectivity index (χ2v) is 3.69. The van der Waals surface area contributed by atoms with E-state index in [0.717, 1.165) is 18.5 Å². The molecule has 0 aromatic heterocycles. The van der Waals surface area contributed by atoms with Gasteiger partial charge in [-0.3, -0.25) is 0 Å². The molecule has 88 valence electrons. The molecule has 0 saturated heterocycles. The number of para-hydroxylation sites is 1. The van der Waals surface area contributed by atoms with Gasteiger partial charge in [-0.05, 0) is 25.0 Å². The van der Waals surface area contributed by atoms with Crippen molar-refractivity contribution >= 4 is 11.7 Å². The summed E-state index contributed by atoms with van der Waals surface area (Å²) in [4.78, 5) is 11.5. The first-order valence-electron chi connectivity index (χ1n) is 5.66. The van der Waals surface area contributed by atoms with Gasteiger partial charge in [-0.1, -0.05) is 26.0 Å². The van der Waals surface area contributed by atoms with Gasteiger partial charge >= 0.3 is 5.97 Å². The van der Waals surface area contributed by atoms with Gasteiger partial charge in [0.05, 0.1) is 12.7 Å². The highest BCUT2D eigenvalue weighted by atomic mass is 16.5. The number of hydrogen-bond donors (Lipinski definition) is 1. The minimum absolute atomic E-state index is 0.297. The van der Waals surface area contributed by atoms with Gasteiger partial charge in [0.2, 0.25) is 0 Å². The first-order chi connectivity index (χ1) is 7.72. The van der Waals surface area contributed by atoms with Crippen molar-refractivity contribution in [1.82, 2.24) is 0 Å². The number of benzene rings is 1. The second kappa shape index (κ2) is 6.16. The van der Waals surface area contributed by atoms with Crippen molar-refractivity contribution in [3.05, 3.63) is 29.8 Å². The zero-order chi connectivity index (χ0) is 12.0. The summed E-state index contributed by atoms with van der Waals surface area (Å²) in [5.74, 6) is -0.297. The third-order valence-corrected chi connectivity index (χ3v) is 2.68. The van der Waals surface area contributed by atoms with E-state index in [9.17, 15) is 4.79 Å². The maximum absolute atomic E-state index is 11.5. The average molecular weight is 221 g/mol. The molecule has 1 aromatic rings. The predicted octanol–water partition coefficient (Wildman–Crippen LogP) is 3.07. The summed E-state index contributed by atoms with van der Waals surface area (Å²) < 4.78 is 4.75. The Hall–Kier alpha value is -1.51. The lowest BCUT2D eigenvalue weighted by molar-refractivity contribution is 0.0602. The van der Waals surface area contributed by atoms with Crippen LogP contribution in [0, 0.1) is 0 Å². The van der Waals surface area contributed by atoms with Crippen LogP contribution < -0.4 is 5.32 Å². The molecular formula is C13H19NO2. The van der Waals surface area contributed by atoms with E-state index in [2.05, 4.69) is 19.2 Å². The van der Waals surface area contributed by atoms with E-state index in [0.29, 0.717) is 11.6 Å². The van der Waals surface area contributed by atoms with E-state index >= 15 is 0 Å². The second-order valence-electron chi connectivity index (χ2n) is 3.69. The van der Waals surface area contributed by atoms with Crippen molar-refractivity contribution in [2.45, 2.75) is 32.7 Å². The molecule has 1 N–H and O–H groups in total. The fourth-order valence-corrected chi connectivity index (χ4v) is 1.61. The fraction of sp³-hybridized carbons (Fsp3) is 0.462. The third kappa shape index (κ3) is 2.99. The topological polar surface area (TPSA) is 38.3 Å². The van der Waals surface area contributed by atoms with Crippen LogP contribution in [-0.4, -0.2) is 19.1 Å². The molecule has 0 amide bonds. The summed E-state index contributed by atoms with van der Waals surface area (Å²) in [5.41, 5.74) is 1.44. The molecule has 0 bridgehead atoms. The van der Waals surface area contributed by atoms with E-state index < -0.39 is 0 Å². The molecule has 0 aliphatic carbocycles. The quantitative estimate of drug-likeness (QED) is 0.776. The molecule has 0 fully saturated rings. The Morgan fingerprint density at radius 1 is 1.31 bits per heavy atom. The molecule has 1 rings (SSSR count). The standard InChI is InChI=1S/C13H19NO2/c1-4-10(5-2)14-12-9-7-6-8-11(12)13(15)16-3/h6-10,14H,4-5H2,1-3H3. The Morgan fingerprint density at radius 2 is 1.94 bits per heavy atom. The first kappa shape index (κ1) is 12.6. The van der Waals surface area contributed by atoms with Gasteiger partial charge < -0.3 is 10.1 Å². The minimum atomic E-state index is -0.297. The fourth-order valence-electron chi connectivity index (χ4n) is 1.61. The molecule has 0 heterocycles. The minimum Gasteiger partial charge on any atom is -0.465 e. The molecule has 3 heteroatoms. The van der Waals surface area contributed by atoms with Crippen LogP contribution in [0.4, 0.5) is 5.69 Å². The number of carbonyl (C=O) groups excluding carboxylic acids is 1. The zero-order valence-corrected chi connectivity index (χ0v) is 10.1. The Morgan fingerprint density at radius 3 is 2.50 bits per heavy atom. The zero-order valence-electron chi connectivity index (χ0n) is 10.1. The lowest BCUT2D eigenvalue weighted by Crippen LogP contribution is -2.19. The number of nitrogens with one attached hydrogen (secondary N) is 1. The van der Waals surface area contributed by atoms with Crippen molar-refractivity contribution in [1.29, 1.82) is 0 Å². The van der Waals surface area contributed by atoms with Gasteiger partial charge in [0.25, 0.3) is 0 Å². The summed E-state index contributed by atoms with van der Waals surface area (Å²) in [6, 6.07) is 7.83. The maximum Gasteiger partial charge on any atom is 0.339 e. The molecular weight excluding hydrogens is 202 g/mol. The van der Waals surface area contributed by atoms with Crippen LogP contribution in [0.2, 0.25) is 0 Å². The van der Waals surface area contributed by atoms with Crippen LogP contribution in [-0.2, 0) is 4.74 Å². The number of rotatable bonds is 5. The summed E-state index contributed by atoms with van der Waals surface area (Å²) in [5, 5.41) is 3.36. The molecule has 1 aromatic carbocycles.